The Bertz CT molecular complexity index is 1160. The number of ether oxygens (including phenoxy) is 1. The van der Waals surface area contributed by atoms with Crippen molar-refractivity contribution in [3.05, 3.63) is 76.0 Å². The normalized spacial score (nSPS) is 10.3. The standard InChI is InChI=1S/C21H17FN4O3/c1-13-3-8-18(29-2)17(9-13)25-19(27)12-26-20(14-4-6-16(22)7-5-14)24-11-15(10-23)21(26)28/h3-9,11H,12H2,1-2H3,(H,25,27). The minimum Gasteiger partial charge on any atom is -0.495 e. The van der Waals surface area contributed by atoms with Crippen molar-refractivity contribution in [2.45, 2.75) is 13.5 Å². The van der Waals surface area contributed by atoms with Crippen LogP contribution in [0, 0.1) is 24.1 Å². The third-order valence-corrected chi connectivity index (χ3v) is 4.20. The van der Waals surface area contributed by atoms with Crippen LogP contribution in [0.4, 0.5) is 10.1 Å². The van der Waals surface area contributed by atoms with E-state index in [-0.39, 0.29) is 17.9 Å². The van der Waals surface area contributed by atoms with Crippen LogP contribution < -0.4 is 15.6 Å². The van der Waals surface area contributed by atoms with Gasteiger partial charge in [0.1, 0.15) is 35.6 Å². The number of aromatic nitrogens is 2. The zero-order valence-electron chi connectivity index (χ0n) is 15.8. The number of methoxy groups -OCH3 is 1. The molecule has 0 spiro atoms. The highest BCUT2D eigenvalue weighted by Gasteiger charge is 2.16. The van der Waals surface area contributed by atoms with Crippen molar-refractivity contribution in [2.24, 2.45) is 0 Å². The molecule has 29 heavy (non-hydrogen) atoms. The van der Waals surface area contributed by atoms with Gasteiger partial charge in [0.15, 0.2) is 0 Å². The van der Waals surface area contributed by atoms with E-state index >= 15 is 0 Å². The Morgan fingerprint density at radius 2 is 2.00 bits per heavy atom. The summed E-state index contributed by atoms with van der Waals surface area (Å²) in [5.74, 6) is -0.323. The first-order valence-electron chi connectivity index (χ1n) is 8.63. The van der Waals surface area contributed by atoms with Gasteiger partial charge in [-0.2, -0.15) is 5.26 Å². The number of aryl methyl sites for hydroxylation is 1. The number of hydrogen-bond donors (Lipinski definition) is 1. The SMILES string of the molecule is COc1ccc(C)cc1NC(=O)Cn1c(-c2ccc(F)cc2)ncc(C#N)c1=O. The van der Waals surface area contributed by atoms with Gasteiger partial charge in [0.2, 0.25) is 5.91 Å². The average molecular weight is 392 g/mol. The number of benzene rings is 2. The Kier molecular flexibility index (Phi) is 5.69. The van der Waals surface area contributed by atoms with E-state index in [2.05, 4.69) is 10.3 Å². The Morgan fingerprint density at radius 3 is 2.66 bits per heavy atom. The number of anilines is 1. The number of amides is 1. The van der Waals surface area contributed by atoms with Gasteiger partial charge < -0.3 is 10.1 Å². The van der Waals surface area contributed by atoms with Crippen LogP contribution in [0.15, 0.2) is 53.5 Å². The topological polar surface area (TPSA) is 97.0 Å². The Morgan fingerprint density at radius 1 is 1.28 bits per heavy atom. The van der Waals surface area contributed by atoms with E-state index in [0.29, 0.717) is 17.0 Å². The Labute approximate surface area is 166 Å². The quantitative estimate of drug-likeness (QED) is 0.720. The third-order valence-electron chi connectivity index (χ3n) is 4.20. The van der Waals surface area contributed by atoms with Crippen LogP contribution in [-0.2, 0) is 11.3 Å². The fourth-order valence-electron chi connectivity index (χ4n) is 2.80. The van der Waals surface area contributed by atoms with Crippen molar-refractivity contribution >= 4 is 11.6 Å². The number of nitrogens with one attached hydrogen (secondary N) is 1. The summed E-state index contributed by atoms with van der Waals surface area (Å²) in [5, 5.41) is 11.8. The van der Waals surface area contributed by atoms with Crippen LogP contribution in [0.1, 0.15) is 11.1 Å². The summed E-state index contributed by atoms with van der Waals surface area (Å²) in [6.07, 6.45) is 1.14. The van der Waals surface area contributed by atoms with Gasteiger partial charge in [-0.3, -0.25) is 14.2 Å². The summed E-state index contributed by atoms with van der Waals surface area (Å²) in [5.41, 5.74) is 0.954. The van der Waals surface area contributed by atoms with Gasteiger partial charge in [-0.05, 0) is 48.9 Å². The third kappa shape index (κ3) is 4.30. The lowest BCUT2D eigenvalue weighted by Crippen LogP contribution is -2.31. The lowest BCUT2D eigenvalue weighted by atomic mass is 10.2. The number of halogens is 1. The fourth-order valence-corrected chi connectivity index (χ4v) is 2.80. The van der Waals surface area contributed by atoms with Crippen LogP contribution in [0.5, 0.6) is 5.75 Å². The van der Waals surface area contributed by atoms with Gasteiger partial charge in [0.25, 0.3) is 5.56 Å². The molecule has 1 aromatic heterocycles. The molecule has 1 heterocycles. The molecule has 0 aliphatic carbocycles. The molecule has 0 saturated carbocycles. The molecule has 0 radical (unpaired) electrons. The van der Waals surface area contributed by atoms with Crippen LogP contribution in [-0.4, -0.2) is 22.6 Å². The fraction of sp³-hybridized carbons (Fsp3) is 0.143. The van der Waals surface area contributed by atoms with E-state index in [4.69, 9.17) is 10.00 Å². The van der Waals surface area contributed by atoms with Crippen LogP contribution >= 0.6 is 0 Å². The smallest absolute Gasteiger partial charge is 0.272 e. The molecule has 0 unspecified atom stereocenters. The van der Waals surface area contributed by atoms with E-state index < -0.39 is 17.3 Å². The predicted octanol–water partition coefficient (Wildman–Crippen LogP) is 2.88. The van der Waals surface area contributed by atoms with Gasteiger partial charge >= 0.3 is 0 Å². The summed E-state index contributed by atoms with van der Waals surface area (Å²) in [7, 11) is 1.48. The first kappa shape index (κ1) is 19.8. The van der Waals surface area contributed by atoms with E-state index in [9.17, 15) is 14.0 Å². The van der Waals surface area contributed by atoms with E-state index in [1.165, 1.54) is 31.4 Å². The molecule has 0 bridgehead atoms. The maximum Gasteiger partial charge on any atom is 0.272 e. The highest BCUT2D eigenvalue weighted by Crippen LogP contribution is 2.25. The maximum absolute atomic E-state index is 13.2. The lowest BCUT2D eigenvalue weighted by molar-refractivity contribution is -0.116. The number of nitriles is 1. The van der Waals surface area contributed by atoms with Gasteiger partial charge in [-0.15, -0.1) is 0 Å². The van der Waals surface area contributed by atoms with Crippen molar-refractivity contribution in [1.29, 1.82) is 5.26 Å². The summed E-state index contributed by atoms with van der Waals surface area (Å²) in [6.45, 7) is 1.48. The van der Waals surface area contributed by atoms with Gasteiger partial charge in [0.05, 0.1) is 19.0 Å². The second kappa shape index (κ2) is 8.35. The zero-order valence-corrected chi connectivity index (χ0v) is 15.8. The van der Waals surface area contributed by atoms with Crippen molar-refractivity contribution in [3.63, 3.8) is 0 Å². The highest BCUT2D eigenvalue weighted by molar-refractivity contribution is 5.92. The minimum atomic E-state index is -0.659. The molecule has 1 N–H and O–H groups in total. The molecule has 146 valence electrons. The second-order valence-corrected chi connectivity index (χ2v) is 6.26. The average Bonchev–Trinajstić information content (AvgIpc) is 2.70. The molecule has 2 aromatic carbocycles. The Balaban J connectivity index is 1.98. The minimum absolute atomic E-state index is 0.153. The van der Waals surface area contributed by atoms with E-state index in [1.807, 2.05) is 13.0 Å². The molecule has 0 atom stereocenters. The number of carbonyl (C=O) groups is 1. The van der Waals surface area contributed by atoms with Crippen molar-refractivity contribution in [1.82, 2.24) is 9.55 Å². The molecule has 7 nitrogen and oxygen atoms in total. The lowest BCUT2D eigenvalue weighted by Gasteiger charge is -2.14. The molecule has 3 aromatic rings. The zero-order chi connectivity index (χ0) is 21.0. The molecule has 1 amide bonds. The first-order chi connectivity index (χ1) is 13.9. The number of hydrogen-bond acceptors (Lipinski definition) is 5. The highest BCUT2D eigenvalue weighted by atomic mass is 19.1. The molecule has 3 rings (SSSR count). The second-order valence-electron chi connectivity index (χ2n) is 6.26. The van der Waals surface area contributed by atoms with Crippen molar-refractivity contribution in [2.75, 3.05) is 12.4 Å². The number of carbonyl (C=O) groups excluding carboxylic acids is 1. The number of rotatable bonds is 5. The first-order valence-corrected chi connectivity index (χ1v) is 8.63. The molecule has 0 aliphatic heterocycles. The van der Waals surface area contributed by atoms with Crippen LogP contribution in [0.3, 0.4) is 0 Å². The molecule has 0 saturated heterocycles. The summed E-state index contributed by atoms with van der Waals surface area (Å²) >= 11 is 0. The van der Waals surface area contributed by atoms with Gasteiger partial charge in [-0.25, -0.2) is 9.37 Å². The molecule has 0 aliphatic rings. The van der Waals surface area contributed by atoms with Gasteiger partial charge in [0, 0.05) is 5.56 Å². The number of nitrogens with zero attached hydrogens (tertiary/aromatic N) is 3. The van der Waals surface area contributed by atoms with Crippen molar-refractivity contribution in [3.8, 4) is 23.2 Å². The monoisotopic (exact) mass is 392 g/mol. The summed E-state index contributed by atoms with van der Waals surface area (Å²) in [4.78, 5) is 29.4. The molecule has 0 fully saturated rings. The summed E-state index contributed by atoms with van der Waals surface area (Å²) in [6, 6.07) is 12.4. The van der Waals surface area contributed by atoms with Crippen LogP contribution in [0.25, 0.3) is 11.4 Å². The maximum atomic E-state index is 13.2. The van der Waals surface area contributed by atoms with Gasteiger partial charge in [-0.1, -0.05) is 6.07 Å². The van der Waals surface area contributed by atoms with Crippen molar-refractivity contribution < 1.29 is 13.9 Å². The van der Waals surface area contributed by atoms with E-state index in [1.54, 1.807) is 18.2 Å². The molecular formula is C21H17FN4O3. The van der Waals surface area contributed by atoms with Crippen LogP contribution in [0.2, 0.25) is 0 Å². The van der Waals surface area contributed by atoms with E-state index in [0.717, 1.165) is 16.3 Å². The largest absolute Gasteiger partial charge is 0.495 e. The predicted molar refractivity (Wildman–Crippen MR) is 105 cm³/mol. The Hall–Kier alpha value is -3.99. The summed E-state index contributed by atoms with van der Waals surface area (Å²) < 4.78 is 19.6. The molecule has 8 heteroatoms. The molecular weight excluding hydrogens is 375 g/mol.